The van der Waals surface area contributed by atoms with Gasteiger partial charge in [-0.25, -0.2) is 13.1 Å². The van der Waals surface area contributed by atoms with Crippen LogP contribution in [0, 0.1) is 0 Å². The van der Waals surface area contributed by atoms with Crippen molar-refractivity contribution in [2.24, 2.45) is 7.05 Å². The van der Waals surface area contributed by atoms with Crippen LogP contribution in [0.2, 0.25) is 0 Å². The summed E-state index contributed by atoms with van der Waals surface area (Å²) in [5.41, 5.74) is -3.98. The van der Waals surface area contributed by atoms with E-state index in [1.807, 2.05) is 0 Å². The summed E-state index contributed by atoms with van der Waals surface area (Å²) < 4.78 is 62.5. The van der Waals surface area contributed by atoms with Crippen LogP contribution in [0.15, 0.2) is 17.2 Å². The van der Waals surface area contributed by atoms with Crippen LogP contribution in [0.5, 0.6) is 0 Å². The number of nitrogens with zero attached hydrogens (tertiary/aromatic N) is 1. The van der Waals surface area contributed by atoms with Crippen LogP contribution >= 0.6 is 11.8 Å². The quantitative estimate of drug-likeness (QED) is 0.769. The fourth-order valence-corrected chi connectivity index (χ4v) is 3.00. The molecule has 0 atom stereocenters. The van der Waals surface area contributed by atoms with Crippen LogP contribution in [-0.2, 0) is 23.7 Å². The Morgan fingerprint density at radius 3 is 2.58 bits per heavy atom. The second kappa shape index (κ2) is 6.16. The Labute approximate surface area is 112 Å². The first kappa shape index (κ1) is 16.3. The number of aromatic nitrogens is 1. The van der Waals surface area contributed by atoms with Crippen LogP contribution in [0.25, 0.3) is 0 Å². The molecule has 0 amide bonds. The Morgan fingerprint density at radius 2 is 2.11 bits per heavy atom. The second-order valence-electron chi connectivity index (χ2n) is 3.63. The van der Waals surface area contributed by atoms with Gasteiger partial charge in [0.05, 0.1) is 11.5 Å². The number of aliphatic hydroxyl groups excluding tert-OH is 1. The normalized spacial score (nSPS) is 12.9. The summed E-state index contributed by atoms with van der Waals surface area (Å²) >= 11 is -0.290. The first-order valence-corrected chi connectivity index (χ1v) is 7.59. The zero-order valence-corrected chi connectivity index (χ0v) is 11.6. The Morgan fingerprint density at radius 1 is 1.47 bits per heavy atom. The molecule has 0 aliphatic rings. The van der Waals surface area contributed by atoms with Crippen LogP contribution < -0.4 is 4.72 Å². The van der Waals surface area contributed by atoms with Gasteiger partial charge in [-0.05, 0) is 17.8 Å². The van der Waals surface area contributed by atoms with Crippen molar-refractivity contribution in [3.8, 4) is 0 Å². The monoisotopic (exact) mass is 318 g/mol. The third-order valence-corrected chi connectivity index (χ3v) is 4.38. The number of rotatable bonds is 6. The average Bonchev–Trinajstić information content (AvgIpc) is 2.65. The highest BCUT2D eigenvalue weighted by molar-refractivity contribution is 8.00. The molecular weight excluding hydrogens is 305 g/mol. The molecule has 5 nitrogen and oxygen atoms in total. The average molecular weight is 318 g/mol. The SMILES string of the molecule is Cn1cc(S(=O)(=O)NCCSC(F)(F)F)cc1CO. The van der Waals surface area contributed by atoms with E-state index in [9.17, 15) is 21.6 Å². The molecule has 10 heteroatoms. The smallest absolute Gasteiger partial charge is 0.390 e. The van der Waals surface area contributed by atoms with Crippen molar-refractivity contribution in [2.45, 2.75) is 17.0 Å². The van der Waals surface area contributed by atoms with E-state index in [0.29, 0.717) is 5.69 Å². The van der Waals surface area contributed by atoms with E-state index in [4.69, 9.17) is 5.11 Å². The lowest BCUT2D eigenvalue weighted by Gasteiger charge is -2.06. The molecule has 0 saturated carbocycles. The minimum Gasteiger partial charge on any atom is -0.390 e. The van der Waals surface area contributed by atoms with Crippen molar-refractivity contribution in [1.82, 2.24) is 9.29 Å². The molecule has 1 heterocycles. The first-order valence-electron chi connectivity index (χ1n) is 5.12. The number of nitrogens with one attached hydrogen (secondary N) is 1. The summed E-state index contributed by atoms with van der Waals surface area (Å²) in [7, 11) is -2.29. The molecule has 0 aromatic carbocycles. The predicted octanol–water partition coefficient (Wildman–Crippen LogP) is 1.05. The topological polar surface area (TPSA) is 71.3 Å². The zero-order valence-electron chi connectivity index (χ0n) is 9.94. The number of thioether (sulfide) groups is 1. The summed E-state index contributed by atoms with van der Waals surface area (Å²) in [5, 5.41) is 8.94. The molecule has 19 heavy (non-hydrogen) atoms. The largest absolute Gasteiger partial charge is 0.441 e. The molecule has 0 fully saturated rings. The van der Waals surface area contributed by atoms with Crippen molar-refractivity contribution in [3.63, 3.8) is 0 Å². The predicted molar refractivity (Wildman–Crippen MR) is 65.0 cm³/mol. The summed E-state index contributed by atoms with van der Waals surface area (Å²) in [6.45, 7) is -0.647. The van der Waals surface area contributed by atoms with Gasteiger partial charge in [-0.3, -0.25) is 0 Å². The minimum absolute atomic E-state index is 0.0870. The van der Waals surface area contributed by atoms with Gasteiger partial charge < -0.3 is 9.67 Å². The van der Waals surface area contributed by atoms with Crippen LogP contribution in [-0.4, -0.2) is 35.9 Å². The highest BCUT2D eigenvalue weighted by Crippen LogP contribution is 2.29. The highest BCUT2D eigenvalue weighted by atomic mass is 32.2. The van der Waals surface area contributed by atoms with Crippen molar-refractivity contribution in [1.29, 1.82) is 0 Å². The van der Waals surface area contributed by atoms with Gasteiger partial charge >= 0.3 is 5.51 Å². The molecule has 0 bridgehead atoms. The first-order chi connectivity index (χ1) is 8.65. The van der Waals surface area contributed by atoms with Gasteiger partial charge in [0.2, 0.25) is 10.0 Å². The zero-order chi connectivity index (χ0) is 14.7. The van der Waals surface area contributed by atoms with Gasteiger partial charge in [-0.2, -0.15) is 13.2 Å². The molecule has 0 saturated heterocycles. The molecule has 0 spiro atoms. The van der Waals surface area contributed by atoms with Gasteiger partial charge in [0.25, 0.3) is 0 Å². The van der Waals surface area contributed by atoms with Crippen molar-refractivity contribution < 1.29 is 26.7 Å². The lowest BCUT2D eigenvalue weighted by Crippen LogP contribution is -2.26. The third kappa shape index (κ3) is 5.05. The summed E-state index contributed by atoms with van der Waals surface area (Å²) in [6.07, 6.45) is 1.28. The van der Waals surface area contributed by atoms with Crippen LogP contribution in [0.4, 0.5) is 13.2 Å². The molecule has 110 valence electrons. The number of aliphatic hydroxyl groups is 1. The number of alkyl halides is 3. The summed E-state index contributed by atoms with van der Waals surface area (Å²) in [5.74, 6) is -0.400. The maximum absolute atomic E-state index is 11.9. The van der Waals surface area contributed by atoms with E-state index in [2.05, 4.69) is 4.72 Å². The Kier molecular flexibility index (Phi) is 5.30. The maximum atomic E-state index is 11.9. The molecular formula is C9H13F3N2O3S2. The van der Waals surface area contributed by atoms with Gasteiger partial charge in [-0.15, -0.1) is 0 Å². The molecule has 0 aliphatic carbocycles. The number of hydrogen-bond acceptors (Lipinski definition) is 4. The third-order valence-electron chi connectivity index (χ3n) is 2.21. The standard InChI is InChI=1S/C9H13F3N2O3S2/c1-14-5-8(4-7(14)6-15)19(16,17)13-2-3-18-9(10,11)12/h4-5,13,15H,2-3,6H2,1H3. The fourth-order valence-electron chi connectivity index (χ4n) is 1.31. The van der Waals surface area contributed by atoms with Gasteiger partial charge in [0.15, 0.2) is 0 Å². The Bertz CT molecular complexity index is 525. The van der Waals surface area contributed by atoms with E-state index in [-0.39, 0.29) is 29.8 Å². The number of sulfonamides is 1. The van der Waals surface area contributed by atoms with E-state index in [1.165, 1.54) is 16.8 Å². The molecule has 1 rings (SSSR count). The van der Waals surface area contributed by atoms with Gasteiger partial charge in [0, 0.05) is 31.2 Å². The minimum atomic E-state index is -4.37. The lowest BCUT2D eigenvalue weighted by atomic mass is 10.5. The molecule has 2 N–H and O–H groups in total. The molecule has 1 aromatic heterocycles. The van der Waals surface area contributed by atoms with E-state index in [0.717, 1.165) is 0 Å². The summed E-state index contributed by atoms with van der Waals surface area (Å²) in [6, 6.07) is 1.26. The summed E-state index contributed by atoms with van der Waals surface area (Å²) in [4.78, 5) is -0.0870. The number of aryl methyl sites for hydroxylation is 1. The number of hydrogen-bond donors (Lipinski definition) is 2. The Hall–Kier alpha value is -0.710. The maximum Gasteiger partial charge on any atom is 0.441 e. The number of halogens is 3. The fraction of sp³-hybridized carbons (Fsp3) is 0.556. The highest BCUT2D eigenvalue weighted by Gasteiger charge is 2.27. The van der Waals surface area contributed by atoms with E-state index >= 15 is 0 Å². The Balaban J connectivity index is 2.61. The molecule has 0 radical (unpaired) electrons. The van der Waals surface area contributed by atoms with E-state index in [1.54, 1.807) is 7.05 Å². The van der Waals surface area contributed by atoms with Gasteiger partial charge in [-0.1, -0.05) is 0 Å². The molecule has 1 aromatic rings. The lowest BCUT2D eigenvalue weighted by molar-refractivity contribution is -0.0327. The van der Waals surface area contributed by atoms with Crippen LogP contribution in [0.1, 0.15) is 5.69 Å². The van der Waals surface area contributed by atoms with Crippen molar-refractivity contribution in [3.05, 3.63) is 18.0 Å². The van der Waals surface area contributed by atoms with Crippen molar-refractivity contribution >= 4 is 21.8 Å². The van der Waals surface area contributed by atoms with Crippen molar-refractivity contribution in [2.75, 3.05) is 12.3 Å². The molecule has 0 aliphatic heterocycles. The van der Waals surface area contributed by atoms with Gasteiger partial charge in [0.1, 0.15) is 0 Å². The molecule has 0 unspecified atom stereocenters. The second-order valence-corrected chi connectivity index (χ2v) is 6.55. The van der Waals surface area contributed by atoms with E-state index < -0.39 is 21.3 Å². The van der Waals surface area contributed by atoms with Crippen LogP contribution in [0.3, 0.4) is 0 Å².